The summed E-state index contributed by atoms with van der Waals surface area (Å²) in [4.78, 5) is 14.0. The lowest BCUT2D eigenvalue weighted by Crippen LogP contribution is -2.38. The highest BCUT2D eigenvalue weighted by Crippen LogP contribution is 2.09. The first-order valence-corrected chi connectivity index (χ1v) is 6.38. The maximum atomic E-state index is 11.7. The molecule has 0 unspecified atom stereocenters. The molecular weight excluding hydrogens is 250 g/mol. The van der Waals surface area contributed by atoms with E-state index in [4.69, 9.17) is 14.0 Å². The van der Waals surface area contributed by atoms with E-state index >= 15 is 0 Å². The first-order valence-electron chi connectivity index (χ1n) is 6.38. The van der Waals surface area contributed by atoms with E-state index in [2.05, 4.69) is 15.4 Å². The SMILES string of the molecule is COc1cc(C(=O)NCCCN2CCOCC2)on1. The number of carbonyl (C=O) groups excluding carboxylic acids is 1. The van der Waals surface area contributed by atoms with E-state index in [1.54, 1.807) is 0 Å². The fraction of sp³-hybridized carbons (Fsp3) is 0.667. The molecule has 1 aliphatic heterocycles. The molecule has 2 rings (SSSR count). The van der Waals surface area contributed by atoms with Gasteiger partial charge in [0, 0.05) is 19.6 Å². The number of nitrogens with one attached hydrogen (secondary N) is 1. The number of hydrogen-bond donors (Lipinski definition) is 1. The molecule has 1 amide bonds. The van der Waals surface area contributed by atoms with Gasteiger partial charge in [-0.2, -0.15) is 0 Å². The zero-order valence-corrected chi connectivity index (χ0v) is 11.1. The molecule has 0 aliphatic carbocycles. The second-order valence-corrected chi connectivity index (χ2v) is 4.30. The number of amides is 1. The second-order valence-electron chi connectivity index (χ2n) is 4.30. The lowest BCUT2D eigenvalue weighted by Gasteiger charge is -2.26. The van der Waals surface area contributed by atoms with Crippen molar-refractivity contribution in [3.05, 3.63) is 11.8 Å². The molecule has 106 valence electrons. The summed E-state index contributed by atoms with van der Waals surface area (Å²) < 4.78 is 15.0. The molecule has 1 fully saturated rings. The Kier molecular flexibility index (Phi) is 5.17. The second kappa shape index (κ2) is 7.10. The summed E-state index contributed by atoms with van der Waals surface area (Å²) in [6.45, 7) is 5.09. The van der Waals surface area contributed by atoms with Crippen LogP contribution in [0.3, 0.4) is 0 Å². The summed E-state index contributed by atoms with van der Waals surface area (Å²) in [5.74, 6) is 0.208. The van der Waals surface area contributed by atoms with Gasteiger partial charge in [-0.25, -0.2) is 0 Å². The number of hydrogen-bond acceptors (Lipinski definition) is 6. The maximum Gasteiger partial charge on any atom is 0.290 e. The summed E-state index contributed by atoms with van der Waals surface area (Å²) in [6.07, 6.45) is 0.900. The van der Waals surface area contributed by atoms with Crippen LogP contribution in [0.4, 0.5) is 0 Å². The summed E-state index contributed by atoms with van der Waals surface area (Å²) >= 11 is 0. The van der Waals surface area contributed by atoms with Gasteiger partial charge in [-0.05, 0) is 18.1 Å². The van der Waals surface area contributed by atoms with E-state index in [9.17, 15) is 4.79 Å². The van der Waals surface area contributed by atoms with Crippen LogP contribution in [0.15, 0.2) is 10.6 Å². The Labute approximate surface area is 111 Å². The van der Waals surface area contributed by atoms with Gasteiger partial charge in [0.2, 0.25) is 5.76 Å². The van der Waals surface area contributed by atoms with E-state index in [1.165, 1.54) is 13.2 Å². The predicted molar refractivity (Wildman–Crippen MR) is 67.3 cm³/mol. The molecule has 0 aromatic carbocycles. The topological polar surface area (TPSA) is 76.8 Å². The highest BCUT2D eigenvalue weighted by Gasteiger charge is 2.13. The van der Waals surface area contributed by atoms with E-state index in [0.717, 1.165) is 39.3 Å². The van der Waals surface area contributed by atoms with E-state index in [-0.39, 0.29) is 11.7 Å². The smallest absolute Gasteiger partial charge is 0.290 e. The average Bonchev–Trinajstić information content (AvgIpc) is 2.93. The van der Waals surface area contributed by atoms with Crippen molar-refractivity contribution in [3.8, 4) is 5.88 Å². The van der Waals surface area contributed by atoms with Crippen molar-refractivity contribution < 1.29 is 18.8 Å². The van der Waals surface area contributed by atoms with Gasteiger partial charge in [-0.3, -0.25) is 9.69 Å². The van der Waals surface area contributed by atoms with Crippen LogP contribution in [0.2, 0.25) is 0 Å². The Hall–Kier alpha value is -1.60. The molecule has 0 bridgehead atoms. The molecule has 0 saturated carbocycles. The Morgan fingerprint density at radius 2 is 2.32 bits per heavy atom. The lowest BCUT2D eigenvalue weighted by atomic mass is 10.3. The summed E-state index contributed by atoms with van der Waals surface area (Å²) in [7, 11) is 1.47. The van der Waals surface area contributed by atoms with Gasteiger partial charge in [-0.1, -0.05) is 0 Å². The molecule has 1 N–H and O–H groups in total. The first-order chi connectivity index (χ1) is 9.29. The number of ether oxygens (including phenoxy) is 2. The molecule has 0 radical (unpaired) electrons. The van der Waals surface area contributed by atoms with Crippen LogP contribution in [0.25, 0.3) is 0 Å². The van der Waals surface area contributed by atoms with Gasteiger partial charge in [0.15, 0.2) is 0 Å². The zero-order valence-electron chi connectivity index (χ0n) is 11.1. The Morgan fingerprint density at radius 1 is 1.53 bits per heavy atom. The van der Waals surface area contributed by atoms with Crippen LogP contribution in [0, 0.1) is 0 Å². The van der Waals surface area contributed by atoms with Crippen LogP contribution in [0.1, 0.15) is 17.0 Å². The molecule has 1 aromatic heterocycles. The standard InChI is InChI=1S/C12H19N3O4/c1-17-11-9-10(19-14-11)12(16)13-3-2-4-15-5-7-18-8-6-15/h9H,2-8H2,1H3,(H,13,16). The maximum absolute atomic E-state index is 11.7. The molecule has 0 spiro atoms. The Morgan fingerprint density at radius 3 is 3.00 bits per heavy atom. The molecule has 19 heavy (non-hydrogen) atoms. The number of carbonyl (C=O) groups is 1. The highest BCUT2D eigenvalue weighted by atomic mass is 16.5. The minimum atomic E-state index is -0.266. The molecule has 7 heteroatoms. The van der Waals surface area contributed by atoms with Crippen LogP contribution in [-0.4, -0.2) is 62.5 Å². The third-order valence-electron chi connectivity index (χ3n) is 2.96. The van der Waals surface area contributed by atoms with Crippen LogP contribution < -0.4 is 10.1 Å². The first kappa shape index (κ1) is 13.8. The van der Waals surface area contributed by atoms with Crippen LogP contribution >= 0.6 is 0 Å². The number of nitrogens with zero attached hydrogens (tertiary/aromatic N) is 2. The molecule has 1 aromatic rings. The zero-order chi connectivity index (χ0) is 13.5. The van der Waals surface area contributed by atoms with Gasteiger partial charge in [0.25, 0.3) is 11.8 Å². The fourth-order valence-electron chi connectivity index (χ4n) is 1.88. The van der Waals surface area contributed by atoms with Gasteiger partial charge < -0.3 is 19.3 Å². The quantitative estimate of drug-likeness (QED) is 0.740. The number of morpholine rings is 1. The highest BCUT2D eigenvalue weighted by molar-refractivity contribution is 5.91. The molecule has 1 aliphatic rings. The van der Waals surface area contributed by atoms with Crippen molar-refractivity contribution in [1.82, 2.24) is 15.4 Å². The molecule has 7 nitrogen and oxygen atoms in total. The predicted octanol–water partition coefficient (Wildman–Crippen LogP) is 0.135. The van der Waals surface area contributed by atoms with Gasteiger partial charge >= 0.3 is 0 Å². The number of aromatic nitrogens is 1. The van der Waals surface area contributed by atoms with Crippen molar-refractivity contribution >= 4 is 5.91 Å². The summed E-state index contributed by atoms with van der Waals surface area (Å²) in [5, 5.41) is 6.37. The fourth-order valence-corrected chi connectivity index (χ4v) is 1.88. The van der Waals surface area contributed by atoms with Crippen molar-refractivity contribution in [2.24, 2.45) is 0 Å². The normalized spacial score (nSPS) is 16.3. The summed E-state index contributed by atoms with van der Waals surface area (Å²) in [5.41, 5.74) is 0. The van der Waals surface area contributed by atoms with E-state index in [0.29, 0.717) is 12.4 Å². The average molecular weight is 269 g/mol. The summed E-state index contributed by atoms with van der Waals surface area (Å²) in [6, 6.07) is 1.47. The third-order valence-corrected chi connectivity index (χ3v) is 2.96. The molecule has 2 heterocycles. The number of methoxy groups -OCH3 is 1. The van der Waals surface area contributed by atoms with Gasteiger partial charge in [0.1, 0.15) is 0 Å². The van der Waals surface area contributed by atoms with Crippen molar-refractivity contribution in [2.45, 2.75) is 6.42 Å². The van der Waals surface area contributed by atoms with E-state index in [1.807, 2.05) is 0 Å². The molecular formula is C12H19N3O4. The Balaban J connectivity index is 1.63. The van der Waals surface area contributed by atoms with Crippen molar-refractivity contribution in [2.75, 3.05) is 46.5 Å². The lowest BCUT2D eigenvalue weighted by molar-refractivity contribution is 0.0374. The minimum Gasteiger partial charge on any atom is -0.479 e. The monoisotopic (exact) mass is 269 g/mol. The van der Waals surface area contributed by atoms with Crippen LogP contribution in [0.5, 0.6) is 5.88 Å². The third kappa shape index (κ3) is 4.22. The largest absolute Gasteiger partial charge is 0.479 e. The molecule has 0 atom stereocenters. The van der Waals surface area contributed by atoms with Gasteiger partial charge in [0.05, 0.1) is 26.4 Å². The Bertz CT molecular complexity index is 401. The van der Waals surface area contributed by atoms with E-state index < -0.39 is 0 Å². The number of rotatable bonds is 6. The van der Waals surface area contributed by atoms with Crippen LogP contribution in [-0.2, 0) is 4.74 Å². The minimum absolute atomic E-state index is 0.170. The molecule has 1 saturated heterocycles. The van der Waals surface area contributed by atoms with Gasteiger partial charge in [-0.15, -0.1) is 0 Å². The van der Waals surface area contributed by atoms with Crippen molar-refractivity contribution in [1.29, 1.82) is 0 Å². The van der Waals surface area contributed by atoms with Crippen molar-refractivity contribution in [3.63, 3.8) is 0 Å².